The van der Waals surface area contributed by atoms with Crippen molar-refractivity contribution in [2.45, 2.75) is 5.41 Å². The molecule has 0 atom stereocenters. The smallest absolute Gasteiger partial charge is 0.164 e. The second-order valence-electron chi connectivity index (χ2n) is 16.3. The fourth-order valence-corrected chi connectivity index (χ4v) is 10.6. The standard InChI is InChI=1S/C58H36N4/c1-3-18-37(19-4-1)55-59-56(38-34-35-45-44-26-12-16-33-52(44)62(53(45)36-38)39-20-5-2-6-21-39)61-57(60-55)48-27-8-7-22-40(48)46-28-17-29-47-43-25-11-15-32-51(43)58(54(46)47)49-30-13-9-23-41(49)42-24-10-14-31-50(42)58/h1-36H. The van der Waals surface area contributed by atoms with Crippen LogP contribution in [0.4, 0.5) is 0 Å². The molecule has 0 fully saturated rings. The van der Waals surface area contributed by atoms with E-state index in [0.29, 0.717) is 17.5 Å². The molecule has 11 aromatic rings. The van der Waals surface area contributed by atoms with Crippen LogP contribution in [0.25, 0.3) is 95.0 Å². The molecule has 2 aliphatic rings. The zero-order valence-electron chi connectivity index (χ0n) is 33.6. The average Bonchev–Trinajstić information content (AvgIpc) is 3.96. The highest BCUT2D eigenvalue weighted by molar-refractivity contribution is 6.10. The first-order valence-electron chi connectivity index (χ1n) is 21.2. The van der Waals surface area contributed by atoms with Gasteiger partial charge in [0.25, 0.3) is 0 Å². The van der Waals surface area contributed by atoms with E-state index in [0.717, 1.165) is 44.5 Å². The fraction of sp³-hybridized carbons (Fsp3) is 0.0172. The van der Waals surface area contributed by atoms with E-state index in [2.05, 4.69) is 205 Å². The predicted molar refractivity (Wildman–Crippen MR) is 252 cm³/mol. The quantitative estimate of drug-likeness (QED) is 0.174. The van der Waals surface area contributed by atoms with Gasteiger partial charge in [-0.2, -0.15) is 0 Å². The molecule has 4 heteroatoms. The molecule has 13 rings (SSSR count). The Morgan fingerprint density at radius 2 is 0.774 bits per heavy atom. The van der Waals surface area contributed by atoms with Crippen LogP contribution in [-0.2, 0) is 5.41 Å². The zero-order chi connectivity index (χ0) is 40.8. The van der Waals surface area contributed by atoms with E-state index in [1.54, 1.807) is 0 Å². The molecule has 62 heavy (non-hydrogen) atoms. The summed E-state index contributed by atoms with van der Waals surface area (Å²) in [4.78, 5) is 16.0. The molecule has 9 aromatic carbocycles. The lowest BCUT2D eigenvalue weighted by atomic mass is 9.68. The summed E-state index contributed by atoms with van der Waals surface area (Å²) in [6, 6.07) is 78.5. The maximum Gasteiger partial charge on any atom is 0.164 e. The van der Waals surface area contributed by atoms with Crippen LogP contribution in [0.1, 0.15) is 22.3 Å². The predicted octanol–water partition coefficient (Wildman–Crippen LogP) is 14.0. The number of para-hydroxylation sites is 2. The van der Waals surface area contributed by atoms with Crippen LogP contribution >= 0.6 is 0 Å². The van der Waals surface area contributed by atoms with E-state index in [9.17, 15) is 0 Å². The number of hydrogen-bond acceptors (Lipinski definition) is 3. The van der Waals surface area contributed by atoms with Crippen LogP contribution in [0.5, 0.6) is 0 Å². The highest BCUT2D eigenvalue weighted by atomic mass is 15.0. The van der Waals surface area contributed by atoms with Gasteiger partial charge in [0.05, 0.1) is 16.4 Å². The van der Waals surface area contributed by atoms with Crippen molar-refractivity contribution in [1.29, 1.82) is 0 Å². The minimum atomic E-state index is -0.505. The first kappa shape index (κ1) is 34.6. The molecule has 0 saturated heterocycles. The van der Waals surface area contributed by atoms with Crippen molar-refractivity contribution in [3.63, 3.8) is 0 Å². The van der Waals surface area contributed by atoms with Crippen LogP contribution in [0, 0.1) is 0 Å². The third-order valence-electron chi connectivity index (χ3n) is 13.1. The van der Waals surface area contributed by atoms with Gasteiger partial charge < -0.3 is 4.57 Å². The van der Waals surface area contributed by atoms with Crippen molar-refractivity contribution in [3.8, 4) is 73.2 Å². The van der Waals surface area contributed by atoms with Crippen LogP contribution in [0.3, 0.4) is 0 Å². The Labute approximate surface area is 359 Å². The minimum Gasteiger partial charge on any atom is -0.309 e. The summed E-state index contributed by atoms with van der Waals surface area (Å²) >= 11 is 0. The Morgan fingerprint density at radius 1 is 0.306 bits per heavy atom. The largest absolute Gasteiger partial charge is 0.309 e. The van der Waals surface area contributed by atoms with Crippen LogP contribution in [0.15, 0.2) is 218 Å². The monoisotopic (exact) mass is 788 g/mol. The van der Waals surface area contributed by atoms with E-state index in [1.165, 1.54) is 55.3 Å². The summed E-state index contributed by atoms with van der Waals surface area (Å²) in [5.41, 5.74) is 18.2. The molecule has 0 unspecified atom stereocenters. The van der Waals surface area contributed by atoms with E-state index < -0.39 is 5.41 Å². The Kier molecular flexibility index (Phi) is 7.49. The first-order chi connectivity index (χ1) is 30.8. The Morgan fingerprint density at radius 3 is 1.45 bits per heavy atom. The molecular formula is C58H36N4. The van der Waals surface area contributed by atoms with Crippen molar-refractivity contribution in [1.82, 2.24) is 19.5 Å². The Hall–Kier alpha value is -8.21. The molecule has 288 valence electrons. The summed E-state index contributed by atoms with van der Waals surface area (Å²) in [6.07, 6.45) is 0. The topological polar surface area (TPSA) is 43.6 Å². The highest BCUT2D eigenvalue weighted by Gasteiger charge is 2.52. The van der Waals surface area contributed by atoms with Gasteiger partial charge in [0, 0.05) is 33.2 Å². The zero-order valence-corrected chi connectivity index (χ0v) is 33.6. The Bertz CT molecular complexity index is 3520. The SMILES string of the molecule is c1ccc(-c2nc(-c3ccc4c5ccccc5n(-c5ccccc5)c4c3)nc(-c3ccccc3-c3cccc4c3C3(c5ccccc5-c5ccccc53)c3ccccc3-4)n2)cc1. The normalized spacial score (nSPS) is 13.0. The fourth-order valence-electron chi connectivity index (χ4n) is 10.6. The minimum absolute atomic E-state index is 0.505. The summed E-state index contributed by atoms with van der Waals surface area (Å²) < 4.78 is 2.34. The van der Waals surface area contributed by atoms with E-state index >= 15 is 0 Å². The summed E-state index contributed by atoms with van der Waals surface area (Å²) in [5.74, 6) is 1.88. The number of hydrogen-bond donors (Lipinski definition) is 0. The van der Waals surface area contributed by atoms with Crippen molar-refractivity contribution >= 4 is 21.8 Å². The molecule has 0 bridgehead atoms. The number of benzene rings is 9. The molecule has 0 aliphatic heterocycles. The number of aromatic nitrogens is 4. The molecule has 1 spiro atoms. The second-order valence-corrected chi connectivity index (χ2v) is 16.3. The first-order valence-corrected chi connectivity index (χ1v) is 21.2. The summed E-state index contributed by atoms with van der Waals surface area (Å²) in [5, 5.41) is 2.38. The Balaban J connectivity index is 1.06. The molecule has 0 N–H and O–H groups in total. The molecule has 4 nitrogen and oxygen atoms in total. The van der Waals surface area contributed by atoms with Gasteiger partial charge in [0.2, 0.25) is 0 Å². The summed E-state index contributed by atoms with van der Waals surface area (Å²) in [7, 11) is 0. The van der Waals surface area contributed by atoms with Gasteiger partial charge in [-0.3, -0.25) is 0 Å². The summed E-state index contributed by atoms with van der Waals surface area (Å²) in [6.45, 7) is 0. The van der Waals surface area contributed by atoms with Gasteiger partial charge >= 0.3 is 0 Å². The van der Waals surface area contributed by atoms with Crippen LogP contribution in [-0.4, -0.2) is 19.5 Å². The van der Waals surface area contributed by atoms with Gasteiger partial charge in [-0.1, -0.05) is 194 Å². The van der Waals surface area contributed by atoms with Crippen molar-refractivity contribution in [2.24, 2.45) is 0 Å². The van der Waals surface area contributed by atoms with E-state index in [4.69, 9.17) is 15.0 Å². The van der Waals surface area contributed by atoms with Gasteiger partial charge in [0.1, 0.15) is 0 Å². The molecule has 0 saturated carbocycles. The number of fused-ring (bicyclic) bond motifs is 13. The van der Waals surface area contributed by atoms with Crippen molar-refractivity contribution in [2.75, 3.05) is 0 Å². The molecule has 2 aliphatic carbocycles. The molecular weight excluding hydrogens is 753 g/mol. The van der Waals surface area contributed by atoms with Gasteiger partial charge in [0.15, 0.2) is 17.5 Å². The van der Waals surface area contributed by atoms with Crippen LogP contribution in [0.2, 0.25) is 0 Å². The molecule has 0 amide bonds. The van der Waals surface area contributed by atoms with E-state index in [1.807, 2.05) is 18.2 Å². The molecule has 0 radical (unpaired) electrons. The number of rotatable bonds is 5. The van der Waals surface area contributed by atoms with Crippen LogP contribution < -0.4 is 0 Å². The molecule has 2 aromatic heterocycles. The lowest BCUT2D eigenvalue weighted by Crippen LogP contribution is -2.26. The third kappa shape index (κ3) is 4.86. The average molecular weight is 789 g/mol. The maximum atomic E-state index is 5.41. The van der Waals surface area contributed by atoms with Gasteiger partial charge in [-0.05, 0) is 79.9 Å². The third-order valence-corrected chi connectivity index (χ3v) is 13.1. The van der Waals surface area contributed by atoms with Gasteiger partial charge in [-0.15, -0.1) is 0 Å². The lowest BCUT2D eigenvalue weighted by Gasteiger charge is -2.32. The number of nitrogens with zero attached hydrogens (tertiary/aromatic N) is 4. The second kappa shape index (κ2) is 13.4. The lowest BCUT2D eigenvalue weighted by molar-refractivity contribution is 0.796. The van der Waals surface area contributed by atoms with E-state index in [-0.39, 0.29) is 0 Å². The van der Waals surface area contributed by atoms with Crippen molar-refractivity contribution in [3.05, 3.63) is 241 Å². The van der Waals surface area contributed by atoms with Gasteiger partial charge in [-0.25, -0.2) is 15.0 Å². The van der Waals surface area contributed by atoms with Crippen molar-refractivity contribution < 1.29 is 0 Å². The maximum absolute atomic E-state index is 5.41. The highest BCUT2D eigenvalue weighted by Crippen LogP contribution is 2.64. The molecule has 2 heterocycles.